The standard InChI is InChI=1S/C49H38B2F2N8O6PS.3CH2Cl2.ClH.Fe.Pd/c52-50-62-56-44(37-21-7-1-8-22-37)46(39-25-11-3-12-26-39)58-64-51(53,65-59-47(40-27-13-4-14-28-40)45(57-63-50)38-23-9-2-10-24-38)67-61-49(48(60-66-50)55-36-34-41-29-19-20-35-54-41)68(69,42-30-15-5-16-31-42)43-32-17-6-18-33-43;3*2-1-3;;;/h1-33,35H,34,36H2;3*1H2;1H;;/q-3;;;;;2*+2/p-1/b56-44+,57-45+,58-46+,59-47+,61-49-;;;;;;. The van der Waals surface area contributed by atoms with Crippen LogP contribution in [0.4, 0.5) is 8.63 Å². The summed E-state index contributed by atoms with van der Waals surface area (Å²) in [5.41, 5.74) is 5.22. The normalized spacial score (nSPS) is 20.4. The number of alkyl halides is 6. The Kier molecular flexibility index (Phi) is 32.4. The van der Waals surface area contributed by atoms with Gasteiger partial charge in [0.1, 0.15) is 28.3 Å². The summed E-state index contributed by atoms with van der Waals surface area (Å²) in [5.74, 6) is -0.438. The molecule has 6 aromatic carbocycles. The van der Waals surface area contributed by atoms with E-state index < -0.39 is 25.9 Å². The van der Waals surface area contributed by atoms with Crippen LogP contribution in [0.1, 0.15) is 27.9 Å². The Morgan fingerprint density at radius 3 is 1.11 bits per heavy atom. The number of hydrogen-bond acceptors (Lipinski definition) is 14. The van der Waals surface area contributed by atoms with Gasteiger partial charge >= 0.3 is 51.6 Å². The smallest absolute Gasteiger partial charge is 1.00 e. The molecule has 2 bridgehead atoms. The minimum absolute atomic E-state index is 0. The van der Waals surface area contributed by atoms with E-state index in [-0.39, 0.29) is 107 Å². The van der Waals surface area contributed by atoms with Gasteiger partial charge in [-0.3, -0.25) is 4.98 Å². The van der Waals surface area contributed by atoms with Crippen molar-refractivity contribution in [3.63, 3.8) is 0 Å². The summed E-state index contributed by atoms with van der Waals surface area (Å²) in [5, 5.41) is 23.2. The molecular weight excluding hydrogens is 1370 g/mol. The molecule has 0 radical (unpaired) electrons. The first-order chi connectivity index (χ1) is 38.0. The van der Waals surface area contributed by atoms with Crippen molar-refractivity contribution in [2.45, 2.75) is 6.42 Å². The van der Waals surface area contributed by atoms with Crippen molar-refractivity contribution >= 4 is 146 Å². The molecule has 0 saturated carbocycles. The van der Waals surface area contributed by atoms with Crippen LogP contribution in [0.15, 0.2) is 237 Å². The summed E-state index contributed by atoms with van der Waals surface area (Å²) in [4.78, 5) is 9.16. The van der Waals surface area contributed by atoms with Crippen LogP contribution in [0, 0.1) is 0 Å². The van der Waals surface area contributed by atoms with Gasteiger partial charge in [0.2, 0.25) is 0 Å². The minimum atomic E-state index is -4.79. The Hall–Kier alpha value is -4.90. The molecule has 0 fully saturated rings. The van der Waals surface area contributed by atoms with Gasteiger partial charge < -0.3 is 60.0 Å². The number of amidine groups is 1. The van der Waals surface area contributed by atoms with E-state index in [0.29, 0.717) is 38.6 Å². The maximum atomic E-state index is 18.4. The van der Waals surface area contributed by atoms with Gasteiger partial charge in [-0.2, -0.15) is 0 Å². The molecule has 7 aromatic rings. The molecule has 0 atom stereocenters. The van der Waals surface area contributed by atoms with Crippen LogP contribution in [-0.4, -0.2) is 75.7 Å². The summed E-state index contributed by atoms with van der Waals surface area (Å²) in [7, 11) is -9.57. The number of aromatic nitrogens is 1. The number of halogens is 9. The summed E-state index contributed by atoms with van der Waals surface area (Å²) in [6.45, 7) is -0.0356. The number of aliphatic imine (C=N–C) groups is 1. The fraction of sp³-hybridized carbons (Fsp3) is 0.0962. The van der Waals surface area contributed by atoms with Crippen molar-refractivity contribution in [2.75, 3.05) is 22.6 Å². The van der Waals surface area contributed by atoms with Gasteiger partial charge in [-0.15, -0.1) is 95.4 Å². The van der Waals surface area contributed by atoms with E-state index in [2.05, 4.69) is 36.2 Å². The van der Waals surface area contributed by atoms with Crippen LogP contribution in [0.5, 0.6) is 0 Å². The average Bonchev–Trinajstić information content (AvgIpc) is 3.60. The van der Waals surface area contributed by atoms with Crippen LogP contribution in [0.3, 0.4) is 0 Å². The predicted molar refractivity (Wildman–Crippen MR) is 319 cm³/mol. The zero-order valence-corrected chi connectivity index (χ0v) is 51.4. The maximum Gasteiger partial charge on any atom is 2.00 e. The SMILES string of the molecule is ClCCl.ClCCl.ClCCl.F[B-]12O/N=C(\P(=S)(c3ccccc3)c3ccccc3)C(=NCCc3ccccn3)[N-]O[B-](F)(O/N=C(c3ccccc3)/C(c3ccccc3)=N/O1)O/N=C(c1ccccc1)/C(c1ccccc1)=N/O2.[Cl-].[Fe+2].[Pd+2]. The van der Waals surface area contributed by atoms with Gasteiger partial charge in [-0.25, -0.2) is 0 Å². The third-order valence-corrected chi connectivity index (χ3v) is 15.1. The van der Waals surface area contributed by atoms with E-state index in [0.717, 1.165) is 0 Å². The Balaban J connectivity index is 0.00000135. The second-order valence-corrected chi connectivity index (χ2v) is 22.1. The van der Waals surface area contributed by atoms with E-state index in [1.165, 1.54) is 0 Å². The summed E-state index contributed by atoms with van der Waals surface area (Å²) >= 11 is 35.3. The van der Waals surface area contributed by atoms with Gasteiger partial charge in [0, 0.05) is 34.1 Å². The Bertz CT molecular complexity index is 3040. The van der Waals surface area contributed by atoms with Crippen molar-refractivity contribution in [1.29, 1.82) is 0 Å². The fourth-order valence-corrected chi connectivity index (χ4v) is 10.6. The van der Waals surface area contributed by atoms with Crippen molar-refractivity contribution in [3.05, 3.63) is 240 Å². The number of rotatable bonds is 10. The molecule has 0 N–H and O–H groups in total. The topological polar surface area (TPSA) is 157 Å². The molecule has 0 unspecified atom stereocenters. The second-order valence-electron chi connectivity index (χ2n) is 15.3. The molecule has 29 heteroatoms. The van der Waals surface area contributed by atoms with Gasteiger partial charge in [-0.1, -0.05) is 200 Å². The van der Waals surface area contributed by atoms with Crippen LogP contribution in [-0.2, 0) is 84.2 Å². The number of hydrogen-bond donors (Lipinski definition) is 0. The van der Waals surface area contributed by atoms with E-state index >= 15 is 8.63 Å². The monoisotopic (exact) mass is 1410 g/mol. The number of pyridine rings is 1. The van der Waals surface area contributed by atoms with Gasteiger partial charge in [0.15, 0.2) is 0 Å². The number of fused-ring (bicyclic) bond motifs is 10. The van der Waals surface area contributed by atoms with Gasteiger partial charge in [0.05, 0.1) is 22.1 Å². The summed E-state index contributed by atoms with van der Waals surface area (Å²) < 4.78 is 71.3. The Labute approximate surface area is 533 Å². The third kappa shape index (κ3) is 20.7. The first-order valence-corrected chi connectivity index (χ1v) is 29.1. The summed E-state index contributed by atoms with van der Waals surface area (Å²) in [6, 6.07) is 53.3. The molecule has 4 heterocycles. The van der Waals surface area contributed by atoms with E-state index in [4.69, 9.17) is 115 Å². The molecule has 3 aliphatic rings. The molecular formula is C52H44B2Cl7F2FeN8O6PPdS. The van der Waals surface area contributed by atoms with E-state index in [9.17, 15) is 0 Å². The molecule has 14 nitrogen and oxygen atoms in total. The maximum absolute atomic E-state index is 18.4. The Morgan fingerprint density at radius 1 is 0.469 bits per heavy atom. The zero-order chi connectivity index (χ0) is 55.5. The molecule has 426 valence electrons. The van der Waals surface area contributed by atoms with Gasteiger partial charge in [-0.05, 0) is 41.5 Å². The molecule has 0 amide bonds. The average molecular weight is 1410 g/mol. The Morgan fingerprint density at radius 2 is 0.778 bits per heavy atom. The minimum Gasteiger partial charge on any atom is -1.00 e. The first-order valence-electron chi connectivity index (χ1n) is 23.1. The molecule has 1 aromatic heterocycles. The van der Waals surface area contributed by atoms with E-state index in [1.54, 1.807) is 200 Å². The number of hydroxylamine groups is 1. The van der Waals surface area contributed by atoms with Crippen LogP contribution >= 0.6 is 75.6 Å². The van der Waals surface area contributed by atoms with Crippen LogP contribution < -0.4 is 23.0 Å². The van der Waals surface area contributed by atoms with Crippen molar-refractivity contribution in [2.24, 2.45) is 30.8 Å². The predicted octanol–water partition coefficient (Wildman–Crippen LogP) is 10.6. The number of benzene rings is 6. The van der Waals surface area contributed by atoms with E-state index in [1.807, 2.05) is 6.07 Å². The second kappa shape index (κ2) is 37.3. The molecule has 0 spiro atoms. The number of nitrogens with zero attached hydrogens (tertiary/aromatic N) is 8. The largest absolute Gasteiger partial charge is 2.00 e. The van der Waals surface area contributed by atoms with Crippen molar-refractivity contribution < 1.29 is 87.1 Å². The molecule has 3 aliphatic heterocycles. The van der Waals surface area contributed by atoms with Crippen LogP contribution in [0.25, 0.3) is 5.48 Å². The molecule has 10 rings (SSSR count). The van der Waals surface area contributed by atoms with Crippen molar-refractivity contribution in [1.82, 2.24) is 4.98 Å². The van der Waals surface area contributed by atoms with Crippen molar-refractivity contribution in [3.8, 4) is 0 Å². The molecule has 81 heavy (non-hydrogen) atoms. The first kappa shape index (κ1) is 70.4. The zero-order valence-electron chi connectivity index (χ0n) is 41.8. The third-order valence-electron chi connectivity index (χ3n) is 10.3. The van der Waals surface area contributed by atoms with Crippen LogP contribution in [0.2, 0.25) is 0 Å². The molecule has 0 aliphatic carbocycles. The molecule has 0 saturated heterocycles. The number of oxime groups is 5. The fourth-order valence-electron chi connectivity index (χ4n) is 6.99. The van der Waals surface area contributed by atoms with Gasteiger partial charge in [0.25, 0.3) is 0 Å². The summed E-state index contributed by atoms with van der Waals surface area (Å²) in [6.07, 6.45) is 1.90. The quantitative estimate of drug-likeness (QED) is 0.0744.